The van der Waals surface area contributed by atoms with Crippen molar-refractivity contribution in [3.8, 4) is 0 Å². The van der Waals surface area contributed by atoms with Crippen LogP contribution in [0.2, 0.25) is 0 Å². The molecule has 1 nitrogen and oxygen atoms in total. The molecular weight excluding hydrogens is 238 g/mol. The van der Waals surface area contributed by atoms with Crippen LogP contribution < -0.4 is 5.32 Å². The van der Waals surface area contributed by atoms with Crippen molar-refractivity contribution in [3.63, 3.8) is 0 Å². The molecule has 1 aliphatic carbocycles. The Balaban J connectivity index is 2.09. The van der Waals surface area contributed by atoms with Crippen LogP contribution in [0.4, 0.5) is 0 Å². The van der Waals surface area contributed by atoms with E-state index in [0.717, 1.165) is 17.8 Å². The summed E-state index contributed by atoms with van der Waals surface area (Å²) in [6, 6.07) is 4.67. The minimum Gasteiger partial charge on any atom is -0.319 e. The fraction of sp³-hybridized carbons (Fsp3) is 0.750. The average molecular weight is 265 g/mol. The predicted molar refractivity (Wildman–Crippen MR) is 81.5 cm³/mol. The van der Waals surface area contributed by atoms with Gasteiger partial charge in [-0.15, -0.1) is 11.3 Å². The second-order valence-electron chi connectivity index (χ2n) is 5.84. The van der Waals surface area contributed by atoms with E-state index in [2.05, 4.69) is 38.3 Å². The van der Waals surface area contributed by atoms with Crippen molar-refractivity contribution in [2.75, 3.05) is 13.6 Å². The molecule has 0 aliphatic heterocycles. The molecule has 0 aromatic carbocycles. The van der Waals surface area contributed by atoms with E-state index in [1.54, 1.807) is 4.88 Å². The van der Waals surface area contributed by atoms with Gasteiger partial charge in [-0.3, -0.25) is 0 Å². The number of thiophene rings is 1. The highest BCUT2D eigenvalue weighted by atomic mass is 32.1. The molecule has 102 valence electrons. The van der Waals surface area contributed by atoms with Crippen LogP contribution >= 0.6 is 11.3 Å². The third-order valence-corrected chi connectivity index (χ3v) is 5.52. The van der Waals surface area contributed by atoms with E-state index in [4.69, 9.17) is 0 Å². The van der Waals surface area contributed by atoms with Gasteiger partial charge in [0.1, 0.15) is 0 Å². The molecule has 1 saturated carbocycles. The zero-order chi connectivity index (χ0) is 13.0. The van der Waals surface area contributed by atoms with Crippen LogP contribution in [0.3, 0.4) is 0 Å². The molecule has 2 rings (SSSR count). The maximum atomic E-state index is 3.40. The van der Waals surface area contributed by atoms with Gasteiger partial charge in [0, 0.05) is 9.75 Å². The molecule has 0 bridgehead atoms. The highest BCUT2D eigenvalue weighted by Crippen LogP contribution is 2.43. The van der Waals surface area contributed by atoms with Crippen LogP contribution in [0.15, 0.2) is 12.1 Å². The number of nitrogens with one attached hydrogen (secondary N) is 1. The van der Waals surface area contributed by atoms with Gasteiger partial charge in [-0.05, 0) is 63.2 Å². The lowest BCUT2D eigenvalue weighted by Gasteiger charge is -2.36. The molecule has 3 unspecified atom stereocenters. The number of aryl methyl sites for hydroxylation is 1. The van der Waals surface area contributed by atoms with Crippen molar-refractivity contribution in [1.82, 2.24) is 5.32 Å². The SMILES string of the molecule is CCCC1CCC(CNC)C(c2ccc(C)s2)C1. The number of rotatable bonds is 5. The summed E-state index contributed by atoms with van der Waals surface area (Å²) < 4.78 is 0. The van der Waals surface area contributed by atoms with E-state index in [0.29, 0.717) is 0 Å². The summed E-state index contributed by atoms with van der Waals surface area (Å²) in [7, 11) is 2.09. The molecule has 0 spiro atoms. The number of hydrogen-bond acceptors (Lipinski definition) is 2. The third-order valence-electron chi connectivity index (χ3n) is 4.39. The van der Waals surface area contributed by atoms with E-state index < -0.39 is 0 Å². The fourth-order valence-electron chi connectivity index (χ4n) is 3.50. The normalized spacial score (nSPS) is 28.5. The highest BCUT2D eigenvalue weighted by molar-refractivity contribution is 7.12. The Kier molecular flexibility index (Phi) is 5.25. The largest absolute Gasteiger partial charge is 0.319 e. The first-order valence-corrected chi connectivity index (χ1v) is 8.27. The van der Waals surface area contributed by atoms with Gasteiger partial charge in [-0.2, -0.15) is 0 Å². The summed E-state index contributed by atoms with van der Waals surface area (Å²) in [5.41, 5.74) is 0. The summed E-state index contributed by atoms with van der Waals surface area (Å²) in [6.07, 6.45) is 7.04. The van der Waals surface area contributed by atoms with Crippen molar-refractivity contribution < 1.29 is 0 Å². The van der Waals surface area contributed by atoms with E-state index >= 15 is 0 Å². The van der Waals surface area contributed by atoms with E-state index in [1.807, 2.05) is 11.3 Å². The first-order chi connectivity index (χ1) is 8.74. The zero-order valence-corrected chi connectivity index (χ0v) is 12.9. The second kappa shape index (κ2) is 6.72. The second-order valence-corrected chi connectivity index (χ2v) is 7.16. The zero-order valence-electron chi connectivity index (χ0n) is 12.0. The van der Waals surface area contributed by atoms with Crippen molar-refractivity contribution >= 4 is 11.3 Å². The predicted octanol–water partition coefficient (Wildman–Crippen LogP) is 4.58. The van der Waals surface area contributed by atoms with Gasteiger partial charge in [0.25, 0.3) is 0 Å². The Labute approximate surface area is 116 Å². The van der Waals surface area contributed by atoms with Gasteiger partial charge in [-0.1, -0.05) is 26.2 Å². The maximum Gasteiger partial charge on any atom is 0.00823 e. The molecule has 3 atom stereocenters. The summed E-state index contributed by atoms with van der Waals surface area (Å²) >= 11 is 2.02. The Morgan fingerprint density at radius 2 is 2.17 bits per heavy atom. The van der Waals surface area contributed by atoms with Gasteiger partial charge in [0.2, 0.25) is 0 Å². The quantitative estimate of drug-likeness (QED) is 0.822. The van der Waals surface area contributed by atoms with E-state index in [1.165, 1.54) is 43.5 Å². The Bertz CT molecular complexity index is 358. The van der Waals surface area contributed by atoms with Crippen LogP contribution in [-0.2, 0) is 0 Å². The first-order valence-electron chi connectivity index (χ1n) is 7.45. The van der Waals surface area contributed by atoms with Gasteiger partial charge in [-0.25, -0.2) is 0 Å². The molecule has 1 heterocycles. The summed E-state index contributed by atoms with van der Waals surface area (Å²) in [6.45, 7) is 5.73. The van der Waals surface area contributed by atoms with E-state index in [-0.39, 0.29) is 0 Å². The van der Waals surface area contributed by atoms with Crippen LogP contribution in [0.1, 0.15) is 54.7 Å². The molecule has 1 aliphatic rings. The van der Waals surface area contributed by atoms with Crippen LogP contribution in [-0.4, -0.2) is 13.6 Å². The van der Waals surface area contributed by atoms with Crippen molar-refractivity contribution in [3.05, 3.63) is 21.9 Å². The molecule has 18 heavy (non-hydrogen) atoms. The topological polar surface area (TPSA) is 12.0 Å². The van der Waals surface area contributed by atoms with Crippen molar-refractivity contribution in [1.29, 1.82) is 0 Å². The monoisotopic (exact) mass is 265 g/mol. The lowest BCUT2D eigenvalue weighted by molar-refractivity contribution is 0.225. The van der Waals surface area contributed by atoms with Crippen molar-refractivity contribution in [2.24, 2.45) is 11.8 Å². The fourth-order valence-corrected chi connectivity index (χ4v) is 4.58. The third kappa shape index (κ3) is 3.36. The van der Waals surface area contributed by atoms with Crippen molar-refractivity contribution in [2.45, 2.75) is 51.9 Å². The van der Waals surface area contributed by atoms with Crippen LogP contribution in [0.25, 0.3) is 0 Å². The Morgan fingerprint density at radius 1 is 1.33 bits per heavy atom. The highest BCUT2D eigenvalue weighted by Gasteiger charge is 2.31. The summed E-state index contributed by atoms with van der Waals surface area (Å²) in [5, 5.41) is 3.40. The molecule has 1 N–H and O–H groups in total. The lowest BCUT2D eigenvalue weighted by atomic mass is 9.72. The molecule has 1 fully saturated rings. The molecule has 1 aromatic rings. The van der Waals surface area contributed by atoms with Gasteiger partial charge >= 0.3 is 0 Å². The van der Waals surface area contributed by atoms with Gasteiger partial charge < -0.3 is 5.32 Å². The Hall–Kier alpha value is -0.340. The summed E-state index contributed by atoms with van der Waals surface area (Å²) in [5.74, 6) is 2.62. The minimum atomic E-state index is 0.807. The smallest absolute Gasteiger partial charge is 0.00823 e. The first kappa shape index (κ1) is 14.1. The molecular formula is C16H27NS. The molecule has 2 heteroatoms. The standard InChI is InChI=1S/C16H27NS/c1-4-5-13-7-8-14(11-17-3)15(10-13)16-9-6-12(2)18-16/h6,9,13-15,17H,4-5,7-8,10-11H2,1-3H3. The maximum absolute atomic E-state index is 3.40. The van der Waals surface area contributed by atoms with Gasteiger partial charge in [0.05, 0.1) is 0 Å². The molecule has 0 saturated heterocycles. The summed E-state index contributed by atoms with van der Waals surface area (Å²) in [4.78, 5) is 3.10. The lowest BCUT2D eigenvalue weighted by Crippen LogP contribution is -2.30. The van der Waals surface area contributed by atoms with Gasteiger partial charge in [0.15, 0.2) is 0 Å². The molecule has 0 radical (unpaired) electrons. The van der Waals surface area contributed by atoms with Crippen LogP contribution in [0, 0.1) is 18.8 Å². The molecule has 0 amide bonds. The minimum absolute atomic E-state index is 0.807. The van der Waals surface area contributed by atoms with Crippen LogP contribution in [0.5, 0.6) is 0 Å². The average Bonchev–Trinajstić information content (AvgIpc) is 2.78. The number of hydrogen-bond donors (Lipinski definition) is 1. The Morgan fingerprint density at radius 3 is 2.78 bits per heavy atom. The molecule has 1 aromatic heterocycles. The van der Waals surface area contributed by atoms with E-state index in [9.17, 15) is 0 Å².